The smallest absolute Gasteiger partial charge is 0.343 e. The number of rotatable bonds is 9. The monoisotopic (exact) mass is 552 g/mol. The van der Waals surface area contributed by atoms with Crippen molar-refractivity contribution in [2.75, 3.05) is 26.9 Å². The van der Waals surface area contributed by atoms with Crippen LogP contribution in [-0.2, 0) is 22.5 Å². The number of aromatic nitrogens is 2. The molecule has 0 bridgehead atoms. The van der Waals surface area contributed by atoms with Gasteiger partial charge in [0, 0.05) is 36.7 Å². The number of hydrogen-bond donors (Lipinski definition) is 3. The standard InChI is InChI=1S/C27H39F3N6O3/c1-15(2)9-16(13-39-14-31)32-25(37)24(27(3,4)5)33-26(38)36-22-7-8-35(6)12-18(22)23(34-36)17-10-20(29)21(30)11-19(17)28/h10-11,15-16,24H,7-9,12-14,31H2,1-6H3,(H,32,37)(H,33,38)/t16-,24+/m0/s1. The second kappa shape index (κ2) is 12.5. The van der Waals surface area contributed by atoms with Crippen LogP contribution in [0, 0.1) is 28.8 Å². The molecule has 0 aliphatic carbocycles. The van der Waals surface area contributed by atoms with Gasteiger partial charge in [-0.1, -0.05) is 34.6 Å². The Hall–Kier alpha value is -2.96. The average molecular weight is 553 g/mol. The number of benzene rings is 1. The highest BCUT2D eigenvalue weighted by atomic mass is 19.2. The van der Waals surface area contributed by atoms with E-state index in [-0.39, 0.29) is 36.6 Å². The summed E-state index contributed by atoms with van der Waals surface area (Å²) in [6.07, 6.45) is 1.07. The number of ether oxygens (including phenoxy) is 1. The zero-order chi connectivity index (χ0) is 29.1. The van der Waals surface area contributed by atoms with E-state index in [1.54, 1.807) is 0 Å². The highest BCUT2D eigenvalue weighted by molar-refractivity contribution is 5.89. The van der Waals surface area contributed by atoms with Crippen LogP contribution >= 0.6 is 0 Å². The van der Waals surface area contributed by atoms with Crippen LogP contribution < -0.4 is 16.4 Å². The van der Waals surface area contributed by atoms with Crippen molar-refractivity contribution in [3.63, 3.8) is 0 Å². The molecule has 1 aromatic heterocycles. The molecular weight excluding hydrogens is 513 g/mol. The van der Waals surface area contributed by atoms with Crippen molar-refractivity contribution in [2.45, 2.75) is 66.1 Å². The fraction of sp³-hybridized carbons (Fsp3) is 0.593. The number of likely N-dealkylation sites (N-methyl/N-ethyl adjacent to an activating group) is 1. The first-order chi connectivity index (χ1) is 18.2. The van der Waals surface area contributed by atoms with E-state index >= 15 is 0 Å². The van der Waals surface area contributed by atoms with Crippen LogP contribution in [-0.4, -0.2) is 65.6 Å². The Morgan fingerprint density at radius 1 is 1.13 bits per heavy atom. The molecule has 9 nitrogen and oxygen atoms in total. The lowest BCUT2D eigenvalue weighted by atomic mass is 9.86. The molecule has 0 unspecified atom stereocenters. The summed E-state index contributed by atoms with van der Waals surface area (Å²) in [7, 11) is 1.85. The van der Waals surface area contributed by atoms with Crippen LogP contribution in [0.15, 0.2) is 12.1 Å². The number of halogens is 3. The fourth-order valence-electron chi connectivity index (χ4n) is 4.73. The number of nitrogens with two attached hydrogens (primary N) is 1. The molecular formula is C27H39F3N6O3. The Kier molecular flexibility index (Phi) is 9.78. The van der Waals surface area contributed by atoms with Crippen molar-refractivity contribution in [1.29, 1.82) is 0 Å². The van der Waals surface area contributed by atoms with E-state index in [2.05, 4.69) is 15.7 Å². The van der Waals surface area contributed by atoms with Gasteiger partial charge in [0.15, 0.2) is 11.6 Å². The van der Waals surface area contributed by atoms with Gasteiger partial charge in [0.1, 0.15) is 17.6 Å². The maximum atomic E-state index is 14.7. The molecule has 12 heteroatoms. The number of nitrogens with zero attached hydrogens (tertiary/aromatic N) is 3. The van der Waals surface area contributed by atoms with Gasteiger partial charge in [-0.2, -0.15) is 9.78 Å². The highest BCUT2D eigenvalue weighted by Gasteiger charge is 2.36. The van der Waals surface area contributed by atoms with E-state index in [9.17, 15) is 22.8 Å². The third kappa shape index (κ3) is 7.37. The average Bonchev–Trinajstić information content (AvgIpc) is 3.20. The number of nitrogens with one attached hydrogen (secondary N) is 2. The molecule has 2 aromatic rings. The van der Waals surface area contributed by atoms with Crippen molar-refractivity contribution in [2.24, 2.45) is 17.1 Å². The minimum Gasteiger partial charge on any atom is -0.364 e. The SMILES string of the molecule is CC(C)C[C@@H](COCN)NC(=O)[C@@H](NC(=O)n1nc(-c2cc(F)c(F)cc2F)c2c1CCN(C)C2)C(C)(C)C. The lowest BCUT2D eigenvalue weighted by Gasteiger charge is -2.32. The van der Waals surface area contributed by atoms with Gasteiger partial charge in [-0.25, -0.2) is 18.0 Å². The predicted octanol–water partition coefficient (Wildman–Crippen LogP) is 3.39. The molecule has 2 atom stereocenters. The zero-order valence-corrected chi connectivity index (χ0v) is 23.4. The van der Waals surface area contributed by atoms with E-state index in [1.165, 1.54) is 0 Å². The van der Waals surface area contributed by atoms with Crippen molar-refractivity contribution in [3.8, 4) is 11.3 Å². The van der Waals surface area contributed by atoms with Gasteiger partial charge in [0.2, 0.25) is 5.91 Å². The molecule has 0 saturated carbocycles. The first-order valence-electron chi connectivity index (χ1n) is 13.1. The van der Waals surface area contributed by atoms with E-state index < -0.39 is 40.8 Å². The van der Waals surface area contributed by atoms with Gasteiger partial charge in [-0.3, -0.25) is 4.79 Å². The molecule has 1 aliphatic rings. The summed E-state index contributed by atoms with van der Waals surface area (Å²) in [4.78, 5) is 28.9. The minimum absolute atomic E-state index is 0.0182. The number of amides is 2. The minimum atomic E-state index is -1.31. The Morgan fingerprint density at radius 2 is 1.79 bits per heavy atom. The van der Waals surface area contributed by atoms with Crippen LogP contribution in [0.1, 0.15) is 52.3 Å². The van der Waals surface area contributed by atoms with Crippen molar-refractivity contribution < 1.29 is 27.5 Å². The zero-order valence-electron chi connectivity index (χ0n) is 23.4. The van der Waals surface area contributed by atoms with E-state index in [4.69, 9.17) is 10.5 Å². The van der Waals surface area contributed by atoms with E-state index in [1.807, 2.05) is 46.6 Å². The molecule has 2 amide bonds. The molecule has 0 spiro atoms. The molecule has 2 heterocycles. The summed E-state index contributed by atoms with van der Waals surface area (Å²) in [6, 6.07) is -0.733. The van der Waals surface area contributed by atoms with Gasteiger partial charge in [-0.05, 0) is 30.9 Å². The molecule has 1 aromatic carbocycles. The summed E-state index contributed by atoms with van der Waals surface area (Å²) in [5, 5.41) is 10.1. The summed E-state index contributed by atoms with van der Waals surface area (Å²) in [5.41, 5.74) is 5.65. The molecule has 216 valence electrons. The molecule has 3 rings (SSSR count). The second-order valence-electron chi connectivity index (χ2n) is 11.5. The predicted molar refractivity (Wildman–Crippen MR) is 141 cm³/mol. The lowest BCUT2D eigenvalue weighted by molar-refractivity contribution is -0.126. The van der Waals surface area contributed by atoms with Gasteiger partial charge >= 0.3 is 6.03 Å². The summed E-state index contributed by atoms with van der Waals surface area (Å²) in [5.74, 6) is -3.64. The fourth-order valence-corrected chi connectivity index (χ4v) is 4.73. The third-order valence-electron chi connectivity index (χ3n) is 6.64. The normalized spacial score (nSPS) is 15.7. The van der Waals surface area contributed by atoms with Crippen LogP contribution in [0.5, 0.6) is 0 Å². The van der Waals surface area contributed by atoms with Crippen LogP contribution in [0.2, 0.25) is 0 Å². The Morgan fingerprint density at radius 3 is 2.41 bits per heavy atom. The first kappa shape index (κ1) is 30.6. The number of carbonyl (C=O) groups is 2. The Labute approximate surface area is 227 Å². The molecule has 1 aliphatic heterocycles. The molecule has 0 fully saturated rings. The Bertz CT molecular complexity index is 1190. The van der Waals surface area contributed by atoms with E-state index in [0.717, 1.165) is 10.7 Å². The van der Waals surface area contributed by atoms with Crippen molar-refractivity contribution in [1.82, 2.24) is 25.3 Å². The summed E-state index contributed by atoms with van der Waals surface area (Å²) in [6.45, 7) is 10.7. The molecule has 39 heavy (non-hydrogen) atoms. The third-order valence-corrected chi connectivity index (χ3v) is 6.64. The number of carbonyl (C=O) groups excluding carboxylic acids is 2. The largest absolute Gasteiger partial charge is 0.364 e. The van der Waals surface area contributed by atoms with Crippen LogP contribution in [0.3, 0.4) is 0 Å². The lowest BCUT2D eigenvalue weighted by Crippen LogP contribution is -2.57. The van der Waals surface area contributed by atoms with Gasteiger partial charge in [-0.15, -0.1) is 0 Å². The van der Waals surface area contributed by atoms with Crippen LogP contribution in [0.4, 0.5) is 18.0 Å². The maximum absolute atomic E-state index is 14.7. The van der Waals surface area contributed by atoms with Gasteiger partial charge < -0.3 is 26.0 Å². The molecule has 4 N–H and O–H groups in total. The second-order valence-corrected chi connectivity index (χ2v) is 11.5. The molecule has 0 saturated heterocycles. The van der Waals surface area contributed by atoms with Crippen molar-refractivity contribution in [3.05, 3.63) is 40.8 Å². The summed E-state index contributed by atoms with van der Waals surface area (Å²) >= 11 is 0. The van der Waals surface area contributed by atoms with E-state index in [0.29, 0.717) is 43.3 Å². The van der Waals surface area contributed by atoms with Crippen molar-refractivity contribution >= 4 is 11.9 Å². The topological polar surface area (TPSA) is 115 Å². The maximum Gasteiger partial charge on any atom is 0.343 e. The number of hydrogen-bond acceptors (Lipinski definition) is 6. The van der Waals surface area contributed by atoms with Gasteiger partial charge in [0.05, 0.1) is 25.1 Å². The van der Waals surface area contributed by atoms with Gasteiger partial charge in [0.25, 0.3) is 0 Å². The quantitative estimate of drug-likeness (QED) is 0.325. The number of fused-ring (bicyclic) bond motifs is 1. The summed E-state index contributed by atoms with van der Waals surface area (Å²) < 4.78 is 48.8. The Balaban J connectivity index is 1.95. The molecule has 0 radical (unpaired) electrons. The first-order valence-corrected chi connectivity index (χ1v) is 13.1. The van der Waals surface area contributed by atoms with Crippen LogP contribution in [0.25, 0.3) is 11.3 Å². The highest BCUT2D eigenvalue weighted by Crippen LogP contribution is 2.32.